The van der Waals surface area contributed by atoms with Crippen LogP contribution in [0.4, 0.5) is 10.1 Å². The average Bonchev–Trinajstić information content (AvgIpc) is 3.10. The molecule has 0 radical (unpaired) electrons. The monoisotopic (exact) mass is 305 g/mol. The summed E-state index contributed by atoms with van der Waals surface area (Å²) in [5.41, 5.74) is 1.40. The van der Waals surface area contributed by atoms with Gasteiger partial charge in [-0.2, -0.15) is 0 Å². The molecule has 0 spiro atoms. The Hall–Kier alpha value is -1.95. The fraction of sp³-hybridized carbons (Fsp3) is 0.500. The summed E-state index contributed by atoms with van der Waals surface area (Å²) in [6, 6.07) is 4.34. The quantitative estimate of drug-likeness (QED) is 0.782. The van der Waals surface area contributed by atoms with Gasteiger partial charge in [0, 0.05) is 12.1 Å². The number of oxime groups is 1. The van der Waals surface area contributed by atoms with Crippen molar-refractivity contribution in [3.63, 3.8) is 0 Å². The Labute approximate surface area is 129 Å². The lowest BCUT2D eigenvalue weighted by Crippen LogP contribution is -2.33. The van der Waals surface area contributed by atoms with E-state index in [0.717, 1.165) is 26.1 Å². The van der Waals surface area contributed by atoms with Crippen molar-refractivity contribution in [3.05, 3.63) is 29.6 Å². The molecule has 0 saturated carbocycles. The topological polar surface area (TPSA) is 45.1 Å². The first-order valence-electron chi connectivity index (χ1n) is 7.66. The third-order valence-electron chi connectivity index (χ3n) is 4.19. The molecule has 5 nitrogen and oxygen atoms in total. The summed E-state index contributed by atoms with van der Waals surface area (Å²) in [6.07, 6.45) is 3.41. The van der Waals surface area contributed by atoms with Gasteiger partial charge >= 0.3 is 0 Å². The number of nitrogens with zero attached hydrogens (tertiary/aromatic N) is 3. The second-order valence-electron chi connectivity index (χ2n) is 5.64. The highest BCUT2D eigenvalue weighted by molar-refractivity contribution is 6.54. The van der Waals surface area contributed by atoms with E-state index in [-0.39, 0.29) is 17.4 Å². The number of likely N-dealkylation sites (tertiary alicyclic amines) is 1. The number of hydrogen-bond acceptors (Lipinski definition) is 4. The molecule has 0 aliphatic carbocycles. The standard InChI is InChI=1S/C16H20FN3O2/c1-22-18-15-13-11-12(17)5-6-14(13)20(16(15)21)10-4-9-19-7-2-3-8-19/h5-6,11H,2-4,7-10H2,1H3. The van der Waals surface area contributed by atoms with Gasteiger partial charge in [-0.1, -0.05) is 5.16 Å². The van der Waals surface area contributed by atoms with Gasteiger partial charge in [-0.15, -0.1) is 0 Å². The number of anilines is 1. The maximum atomic E-state index is 13.5. The summed E-state index contributed by atoms with van der Waals surface area (Å²) >= 11 is 0. The molecule has 1 aromatic carbocycles. The molecule has 6 heteroatoms. The summed E-state index contributed by atoms with van der Waals surface area (Å²) in [5.74, 6) is -0.599. The summed E-state index contributed by atoms with van der Waals surface area (Å²) in [5, 5.41) is 3.77. The van der Waals surface area contributed by atoms with Crippen LogP contribution < -0.4 is 4.90 Å². The van der Waals surface area contributed by atoms with Crippen LogP contribution in [0.5, 0.6) is 0 Å². The van der Waals surface area contributed by atoms with Gasteiger partial charge in [-0.3, -0.25) is 4.79 Å². The molecule has 1 fully saturated rings. The Morgan fingerprint density at radius 2 is 2.05 bits per heavy atom. The Bertz CT molecular complexity index is 597. The van der Waals surface area contributed by atoms with Gasteiger partial charge in [-0.05, 0) is 57.1 Å². The summed E-state index contributed by atoms with van der Waals surface area (Å²) in [6.45, 7) is 3.88. The fourth-order valence-corrected chi connectivity index (χ4v) is 3.15. The molecule has 118 valence electrons. The highest BCUT2D eigenvalue weighted by Gasteiger charge is 2.34. The smallest absolute Gasteiger partial charge is 0.281 e. The summed E-state index contributed by atoms with van der Waals surface area (Å²) in [4.78, 5) is 21.3. The zero-order valence-corrected chi connectivity index (χ0v) is 12.7. The van der Waals surface area contributed by atoms with Gasteiger partial charge in [0.25, 0.3) is 5.91 Å². The van der Waals surface area contributed by atoms with Crippen molar-refractivity contribution in [3.8, 4) is 0 Å². The van der Waals surface area contributed by atoms with Crippen LogP contribution >= 0.6 is 0 Å². The van der Waals surface area contributed by atoms with Crippen LogP contribution in [0.3, 0.4) is 0 Å². The minimum Gasteiger partial charge on any atom is -0.398 e. The van der Waals surface area contributed by atoms with Crippen LogP contribution in [0.25, 0.3) is 0 Å². The average molecular weight is 305 g/mol. The number of rotatable bonds is 5. The van der Waals surface area contributed by atoms with E-state index in [0.29, 0.717) is 17.8 Å². The minimum absolute atomic E-state index is 0.179. The van der Waals surface area contributed by atoms with E-state index in [1.165, 1.54) is 32.1 Å². The third-order valence-corrected chi connectivity index (χ3v) is 4.19. The van der Waals surface area contributed by atoms with Gasteiger partial charge in [-0.25, -0.2) is 4.39 Å². The van der Waals surface area contributed by atoms with Gasteiger partial charge < -0.3 is 14.6 Å². The van der Waals surface area contributed by atoms with Crippen molar-refractivity contribution >= 4 is 17.3 Å². The Morgan fingerprint density at radius 3 is 2.77 bits per heavy atom. The number of carbonyl (C=O) groups is 1. The lowest BCUT2D eigenvalue weighted by atomic mass is 10.1. The van der Waals surface area contributed by atoms with Crippen LogP contribution in [-0.2, 0) is 9.63 Å². The first kappa shape index (κ1) is 15.0. The number of hydrogen-bond donors (Lipinski definition) is 0. The second kappa shape index (κ2) is 6.44. The maximum Gasteiger partial charge on any atom is 0.281 e. The predicted molar refractivity (Wildman–Crippen MR) is 82.6 cm³/mol. The predicted octanol–water partition coefficient (Wildman–Crippen LogP) is 2.01. The van der Waals surface area contributed by atoms with Crippen molar-refractivity contribution in [2.45, 2.75) is 19.3 Å². The number of amides is 1. The number of halogens is 1. The molecule has 1 saturated heterocycles. The van der Waals surface area contributed by atoms with Crippen LogP contribution in [-0.4, -0.2) is 49.8 Å². The van der Waals surface area contributed by atoms with Crippen LogP contribution in [0.1, 0.15) is 24.8 Å². The van der Waals surface area contributed by atoms with E-state index in [1.807, 2.05) is 0 Å². The molecular formula is C16H20FN3O2. The number of fused-ring (bicyclic) bond motifs is 1. The highest BCUT2D eigenvalue weighted by Crippen LogP contribution is 2.30. The Balaban J connectivity index is 1.74. The van der Waals surface area contributed by atoms with E-state index >= 15 is 0 Å². The Kier molecular flexibility index (Phi) is 4.38. The Morgan fingerprint density at radius 1 is 1.27 bits per heavy atom. The zero-order valence-electron chi connectivity index (χ0n) is 12.7. The lowest BCUT2D eigenvalue weighted by Gasteiger charge is -2.19. The SMILES string of the molecule is CON=C1C(=O)N(CCCN2CCCC2)c2ccc(F)cc21. The largest absolute Gasteiger partial charge is 0.398 e. The van der Waals surface area contributed by atoms with E-state index in [1.54, 1.807) is 11.0 Å². The summed E-state index contributed by atoms with van der Waals surface area (Å²) < 4.78 is 13.5. The lowest BCUT2D eigenvalue weighted by molar-refractivity contribution is -0.112. The molecule has 0 unspecified atom stereocenters. The van der Waals surface area contributed by atoms with E-state index in [4.69, 9.17) is 4.84 Å². The molecule has 0 bridgehead atoms. The zero-order chi connectivity index (χ0) is 15.5. The molecule has 0 N–H and O–H groups in total. The molecule has 0 aromatic heterocycles. The van der Waals surface area contributed by atoms with Crippen molar-refractivity contribution in [1.29, 1.82) is 0 Å². The highest BCUT2D eigenvalue weighted by atomic mass is 19.1. The van der Waals surface area contributed by atoms with Crippen molar-refractivity contribution in [1.82, 2.24) is 4.90 Å². The molecule has 3 rings (SSSR count). The molecule has 2 heterocycles. The minimum atomic E-state index is -0.380. The van der Waals surface area contributed by atoms with Crippen molar-refractivity contribution in [2.75, 3.05) is 38.2 Å². The van der Waals surface area contributed by atoms with Crippen LogP contribution in [0.2, 0.25) is 0 Å². The fourth-order valence-electron chi connectivity index (χ4n) is 3.15. The second-order valence-corrected chi connectivity index (χ2v) is 5.64. The van der Waals surface area contributed by atoms with Gasteiger partial charge in [0.2, 0.25) is 0 Å². The normalized spacial score (nSPS) is 20.0. The number of carbonyl (C=O) groups excluding carboxylic acids is 1. The van der Waals surface area contributed by atoms with E-state index < -0.39 is 0 Å². The van der Waals surface area contributed by atoms with Gasteiger partial charge in [0.05, 0.1) is 5.69 Å². The molecule has 22 heavy (non-hydrogen) atoms. The van der Waals surface area contributed by atoms with Crippen molar-refractivity contribution in [2.24, 2.45) is 5.16 Å². The van der Waals surface area contributed by atoms with E-state index in [2.05, 4.69) is 10.1 Å². The molecule has 2 aliphatic heterocycles. The first-order chi connectivity index (χ1) is 10.7. The van der Waals surface area contributed by atoms with Crippen molar-refractivity contribution < 1.29 is 14.0 Å². The van der Waals surface area contributed by atoms with Gasteiger partial charge in [0.1, 0.15) is 12.9 Å². The molecule has 0 atom stereocenters. The number of benzene rings is 1. The third kappa shape index (κ3) is 2.83. The molecule has 1 aromatic rings. The van der Waals surface area contributed by atoms with Crippen LogP contribution in [0.15, 0.2) is 23.4 Å². The van der Waals surface area contributed by atoms with E-state index in [9.17, 15) is 9.18 Å². The molecule has 1 amide bonds. The van der Waals surface area contributed by atoms with Gasteiger partial charge in [0.15, 0.2) is 5.71 Å². The maximum absolute atomic E-state index is 13.5. The summed E-state index contributed by atoms with van der Waals surface area (Å²) in [7, 11) is 1.38. The molecular weight excluding hydrogens is 285 g/mol. The molecule has 2 aliphatic rings. The van der Waals surface area contributed by atoms with Crippen LogP contribution in [0, 0.1) is 5.82 Å². The first-order valence-corrected chi connectivity index (χ1v) is 7.66.